The summed E-state index contributed by atoms with van der Waals surface area (Å²) in [6.45, 7) is 2.12. The van der Waals surface area contributed by atoms with E-state index in [9.17, 15) is 4.39 Å². The van der Waals surface area contributed by atoms with Gasteiger partial charge in [0.25, 0.3) is 0 Å². The molecular formula is C13H16FN3. The van der Waals surface area contributed by atoms with Gasteiger partial charge in [-0.2, -0.15) is 5.10 Å². The standard InChI is InChI=1S/C13H16FN3/c1-2-3-6-10-9-16-17(13(10)15)12-8-5-4-7-11(12)14/h4-5,7-9H,2-3,6,15H2,1H3. The monoisotopic (exact) mass is 233 g/mol. The first-order valence-electron chi connectivity index (χ1n) is 5.81. The number of anilines is 1. The number of hydrogen-bond acceptors (Lipinski definition) is 2. The average molecular weight is 233 g/mol. The molecule has 2 rings (SSSR count). The quantitative estimate of drug-likeness (QED) is 0.882. The van der Waals surface area contributed by atoms with Gasteiger partial charge in [0, 0.05) is 5.56 Å². The van der Waals surface area contributed by atoms with Crippen molar-refractivity contribution in [2.75, 3.05) is 5.73 Å². The Kier molecular flexibility index (Phi) is 3.42. The van der Waals surface area contributed by atoms with Crippen molar-refractivity contribution < 1.29 is 4.39 Å². The molecule has 0 atom stereocenters. The highest BCUT2D eigenvalue weighted by atomic mass is 19.1. The van der Waals surface area contributed by atoms with Crippen LogP contribution < -0.4 is 5.73 Å². The van der Waals surface area contributed by atoms with Crippen LogP contribution in [0.2, 0.25) is 0 Å². The molecule has 0 fully saturated rings. The van der Waals surface area contributed by atoms with Crippen molar-refractivity contribution in [1.82, 2.24) is 9.78 Å². The van der Waals surface area contributed by atoms with Crippen LogP contribution in [-0.4, -0.2) is 9.78 Å². The smallest absolute Gasteiger partial charge is 0.148 e. The molecule has 0 bridgehead atoms. The molecule has 0 spiro atoms. The van der Waals surface area contributed by atoms with Gasteiger partial charge in [-0.1, -0.05) is 25.5 Å². The van der Waals surface area contributed by atoms with Crippen LogP contribution in [0.3, 0.4) is 0 Å². The number of rotatable bonds is 4. The van der Waals surface area contributed by atoms with E-state index in [1.165, 1.54) is 10.7 Å². The molecule has 1 heterocycles. The second kappa shape index (κ2) is 4.99. The number of aromatic nitrogens is 2. The number of halogens is 1. The number of para-hydroxylation sites is 1. The van der Waals surface area contributed by atoms with Gasteiger partial charge >= 0.3 is 0 Å². The molecule has 17 heavy (non-hydrogen) atoms. The number of hydrogen-bond donors (Lipinski definition) is 1. The topological polar surface area (TPSA) is 43.8 Å². The number of nitrogens with two attached hydrogens (primary N) is 1. The van der Waals surface area contributed by atoms with Crippen LogP contribution in [0.4, 0.5) is 10.2 Å². The Hall–Kier alpha value is -1.84. The van der Waals surface area contributed by atoms with Gasteiger partial charge < -0.3 is 5.73 Å². The first kappa shape index (κ1) is 11.6. The summed E-state index contributed by atoms with van der Waals surface area (Å²) < 4.78 is 15.1. The lowest BCUT2D eigenvalue weighted by molar-refractivity contribution is 0.612. The van der Waals surface area contributed by atoms with Gasteiger partial charge in [0.2, 0.25) is 0 Å². The van der Waals surface area contributed by atoms with Gasteiger partial charge in [-0.05, 0) is 25.0 Å². The highest BCUT2D eigenvalue weighted by molar-refractivity contribution is 5.47. The number of aryl methyl sites for hydroxylation is 1. The molecule has 0 unspecified atom stereocenters. The van der Waals surface area contributed by atoms with Crippen molar-refractivity contribution in [3.05, 3.63) is 41.8 Å². The normalized spacial score (nSPS) is 10.7. The van der Waals surface area contributed by atoms with Crippen LogP contribution in [0.15, 0.2) is 30.5 Å². The zero-order valence-corrected chi connectivity index (χ0v) is 9.86. The van der Waals surface area contributed by atoms with Crippen molar-refractivity contribution in [2.24, 2.45) is 0 Å². The van der Waals surface area contributed by atoms with Crippen LogP contribution >= 0.6 is 0 Å². The van der Waals surface area contributed by atoms with E-state index in [-0.39, 0.29) is 5.82 Å². The average Bonchev–Trinajstić information content (AvgIpc) is 2.69. The predicted octanol–water partition coefficient (Wildman–Crippen LogP) is 2.94. The lowest BCUT2D eigenvalue weighted by Crippen LogP contribution is -2.05. The Bertz CT molecular complexity index is 505. The Morgan fingerprint density at radius 2 is 2.12 bits per heavy atom. The molecule has 0 aliphatic carbocycles. The zero-order valence-electron chi connectivity index (χ0n) is 9.86. The first-order valence-corrected chi connectivity index (χ1v) is 5.81. The zero-order chi connectivity index (χ0) is 12.3. The van der Waals surface area contributed by atoms with Crippen molar-refractivity contribution in [1.29, 1.82) is 0 Å². The number of nitrogens with zero attached hydrogens (tertiary/aromatic N) is 2. The second-order valence-corrected chi connectivity index (χ2v) is 4.02. The Morgan fingerprint density at radius 1 is 1.35 bits per heavy atom. The minimum atomic E-state index is -0.315. The van der Waals surface area contributed by atoms with Crippen molar-refractivity contribution in [3.63, 3.8) is 0 Å². The van der Waals surface area contributed by atoms with Crippen LogP contribution in [0, 0.1) is 5.82 Å². The molecule has 2 aromatic rings. The largest absolute Gasteiger partial charge is 0.383 e. The number of unbranched alkanes of at least 4 members (excludes halogenated alkanes) is 1. The summed E-state index contributed by atoms with van der Waals surface area (Å²) in [6, 6.07) is 6.49. The van der Waals surface area contributed by atoms with E-state index in [0.29, 0.717) is 11.5 Å². The highest BCUT2D eigenvalue weighted by Gasteiger charge is 2.11. The molecule has 0 aliphatic heterocycles. The second-order valence-electron chi connectivity index (χ2n) is 4.02. The SMILES string of the molecule is CCCCc1cnn(-c2ccccc2F)c1N. The lowest BCUT2D eigenvalue weighted by atomic mass is 10.1. The van der Waals surface area contributed by atoms with Crippen molar-refractivity contribution >= 4 is 5.82 Å². The van der Waals surface area contributed by atoms with Gasteiger partial charge in [-0.25, -0.2) is 9.07 Å². The fraction of sp³-hybridized carbons (Fsp3) is 0.308. The van der Waals surface area contributed by atoms with Crippen molar-refractivity contribution in [3.8, 4) is 5.69 Å². The summed E-state index contributed by atoms with van der Waals surface area (Å²) in [6.07, 6.45) is 4.77. The summed E-state index contributed by atoms with van der Waals surface area (Å²) >= 11 is 0. The molecule has 3 nitrogen and oxygen atoms in total. The van der Waals surface area contributed by atoms with Crippen LogP contribution in [-0.2, 0) is 6.42 Å². The van der Waals surface area contributed by atoms with Gasteiger partial charge in [-0.15, -0.1) is 0 Å². The van der Waals surface area contributed by atoms with Gasteiger partial charge in [0.05, 0.1) is 6.20 Å². The van der Waals surface area contributed by atoms with Crippen molar-refractivity contribution in [2.45, 2.75) is 26.2 Å². The third kappa shape index (κ3) is 2.30. The fourth-order valence-corrected chi connectivity index (χ4v) is 1.77. The maximum absolute atomic E-state index is 13.6. The van der Waals surface area contributed by atoms with E-state index in [1.807, 2.05) is 0 Å². The van der Waals surface area contributed by atoms with Crippen LogP contribution in [0.5, 0.6) is 0 Å². The molecule has 1 aromatic carbocycles. The maximum Gasteiger partial charge on any atom is 0.148 e. The third-order valence-corrected chi connectivity index (χ3v) is 2.77. The molecule has 0 saturated carbocycles. The van der Waals surface area contributed by atoms with E-state index in [1.54, 1.807) is 24.4 Å². The number of nitrogen functional groups attached to an aromatic ring is 1. The van der Waals surface area contributed by atoms with Crippen LogP contribution in [0.1, 0.15) is 25.3 Å². The van der Waals surface area contributed by atoms with Gasteiger partial charge in [-0.3, -0.25) is 0 Å². The minimum absolute atomic E-state index is 0.315. The summed E-state index contributed by atoms with van der Waals surface area (Å²) in [5.74, 6) is 0.216. The molecule has 0 aliphatic rings. The van der Waals surface area contributed by atoms with Crippen LogP contribution in [0.25, 0.3) is 5.69 Å². The van der Waals surface area contributed by atoms with E-state index in [2.05, 4.69) is 12.0 Å². The molecular weight excluding hydrogens is 217 g/mol. The summed E-state index contributed by atoms with van der Waals surface area (Å²) in [5, 5.41) is 4.15. The molecule has 4 heteroatoms. The summed E-state index contributed by atoms with van der Waals surface area (Å²) in [5.41, 5.74) is 7.36. The molecule has 0 radical (unpaired) electrons. The maximum atomic E-state index is 13.6. The molecule has 1 aromatic heterocycles. The Balaban J connectivity index is 2.34. The molecule has 0 amide bonds. The van der Waals surface area contributed by atoms with E-state index in [0.717, 1.165) is 24.8 Å². The lowest BCUT2D eigenvalue weighted by Gasteiger charge is -2.06. The van der Waals surface area contributed by atoms with E-state index in [4.69, 9.17) is 5.73 Å². The predicted molar refractivity (Wildman–Crippen MR) is 66.5 cm³/mol. The molecule has 0 saturated heterocycles. The summed E-state index contributed by atoms with van der Waals surface area (Å²) in [7, 11) is 0. The van der Waals surface area contributed by atoms with E-state index < -0.39 is 0 Å². The Labute approximate surface area is 100 Å². The minimum Gasteiger partial charge on any atom is -0.383 e. The van der Waals surface area contributed by atoms with Gasteiger partial charge in [0.15, 0.2) is 0 Å². The van der Waals surface area contributed by atoms with E-state index >= 15 is 0 Å². The van der Waals surface area contributed by atoms with Gasteiger partial charge in [0.1, 0.15) is 17.3 Å². The fourth-order valence-electron chi connectivity index (χ4n) is 1.77. The highest BCUT2D eigenvalue weighted by Crippen LogP contribution is 2.20. The molecule has 2 N–H and O–H groups in total. The molecule has 90 valence electrons. The third-order valence-electron chi connectivity index (χ3n) is 2.77. The number of benzene rings is 1. The summed E-state index contributed by atoms with van der Waals surface area (Å²) in [4.78, 5) is 0. The first-order chi connectivity index (χ1) is 8.24. The Morgan fingerprint density at radius 3 is 2.82 bits per heavy atom.